The van der Waals surface area contributed by atoms with Gasteiger partial charge >= 0.3 is 0 Å². The first-order chi connectivity index (χ1) is 13.6. The molecule has 0 unspecified atom stereocenters. The Kier molecular flexibility index (Phi) is 5.33. The van der Waals surface area contributed by atoms with Crippen LogP contribution in [0.15, 0.2) is 48.5 Å². The summed E-state index contributed by atoms with van der Waals surface area (Å²) in [5.74, 6) is 1.08. The van der Waals surface area contributed by atoms with Crippen molar-refractivity contribution in [2.24, 2.45) is 0 Å². The van der Waals surface area contributed by atoms with E-state index in [0.717, 1.165) is 50.1 Å². The van der Waals surface area contributed by atoms with Gasteiger partial charge < -0.3 is 14.9 Å². The molecule has 2 amide bonds. The molecule has 0 spiro atoms. The summed E-state index contributed by atoms with van der Waals surface area (Å²) in [6.07, 6.45) is 3.84. The first kappa shape index (κ1) is 18.5. The molecule has 28 heavy (non-hydrogen) atoms. The van der Waals surface area contributed by atoms with E-state index in [9.17, 15) is 14.7 Å². The predicted molar refractivity (Wildman–Crippen MR) is 108 cm³/mol. The zero-order valence-corrected chi connectivity index (χ0v) is 16.0. The summed E-state index contributed by atoms with van der Waals surface area (Å²) in [7, 11) is 0. The largest absolute Gasteiger partial charge is 0.508 e. The van der Waals surface area contributed by atoms with Gasteiger partial charge in [0.05, 0.1) is 6.42 Å². The number of phenols is 1. The molecule has 0 bridgehead atoms. The molecule has 2 fully saturated rings. The van der Waals surface area contributed by atoms with E-state index >= 15 is 0 Å². The Hall–Kier alpha value is -2.82. The highest BCUT2D eigenvalue weighted by molar-refractivity contribution is 5.95. The molecule has 4 rings (SSSR count). The summed E-state index contributed by atoms with van der Waals surface area (Å²) >= 11 is 0. The van der Waals surface area contributed by atoms with Crippen molar-refractivity contribution in [1.82, 2.24) is 4.90 Å². The average Bonchev–Trinajstić information content (AvgIpc) is 3.15. The van der Waals surface area contributed by atoms with Gasteiger partial charge in [0.2, 0.25) is 11.8 Å². The van der Waals surface area contributed by atoms with Gasteiger partial charge in [0, 0.05) is 31.7 Å². The van der Waals surface area contributed by atoms with Crippen molar-refractivity contribution in [1.29, 1.82) is 0 Å². The van der Waals surface area contributed by atoms with Crippen molar-refractivity contribution < 1.29 is 14.7 Å². The van der Waals surface area contributed by atoms with Crippen molar-refractivity contribution in [3.05, 3.63) is 59.7 Å². The molecule has 0 atom stereocenters. The molecule has 0 radical (unpaired) electrons. The lowest BCUT2D eigenvalue weighted by Crippen LogP contribution is -2.38. The molecular formula is C23H26N2O3. The molecule has 0 aliphatic carbocycles. The molecule has 5 heteroatoms. The molecule has 0 aromatic heterocycles. The molecule has 1 N–H and O–H groups in total. The minimum atomic E-state index is 0.161. The third-order valence-corrected chi connectivity index (χ3v) is 5.89. The van der Waals surface area contributed by atoms with E-state index in [0.29, 0.717) is 18.8 Å². The number of carbonyl (C=O) groups excluding carboxylic acids is 2. The van der Waals surface area contributed by atoms with E-state index < -0.39 is 0 Å². The molecule has 0 saturated carbocycles. The van der Waals surface area contributed by atoms with Crippen LogP contribution in [0.2, 0.25) is 0 Å². The topological polar surface area (TPSA) is 60.9 Å². The highest BCUT2D eigenvalue weighted by Gasteiger charge is 2.24. The Morgan fingerprint density at radius 2 is 1.64 bits per heavy atom. The molecule has 2 aliphatic rings. The number of carbonyl (C=O) groups is 2. The first-order valence-electron chi connectivity index (χ1n) is 10.1. The maximum Gasteiger partial charge on any atom is 0.227 e. The van der Waals surface area contributed by atoms with Gasteiger partial charge in [-0.25, -0.2) is 0 Å². The number of piperidine rings is 1. The Morgan fingerprint density at radius 1 is 0.964 bits per heavy atom. The van der Waals surface area contributed by atoms with Crippen LogP contribution in [0.1, 0.15) is 42.7 Å². The van der Waals surface area contributed by atoms with Crippen molar-refractivity contribution >= 4 is 17.5 Å². The molecule has 2 aromatic rings. The molecule has 2 aliphatic heterocycles. The molecule has 2 aromatic carbocycles. The number of nitrogens with zero attached hydrogens (tertiary/aromatic N) is 2. The summed E-state index contributed by atoms with van der Waals surface area (Å²) < 4.78 is 0. The molecular weight excluding hydrogens is 352 g/mol. The van der Waals surface area contributed by atoms with Crippen LogP contribution >= 0.6 is 0 Å². The van der Waals surface area contributed by atoms with E-state index in [4.69, 9.17) is 0 Å². The van der Waals surface area contributed by atoms with Crippen molar-refractivity contribution in [3.63, 3.8) is 0 Å². The smallest absolute Gasteiger partial charge is 0.227 e. The summed E-state index contributed by atoms with van der Waals surface area (Å²) in [6.45, 7) is 2.32. The Labute approximate surface area is 165 Å². The van der Waals surface area contributed by atoms with Crippen molar-refractivity contribution in [3.8, 4) is 5.75 Å². The molecule has 2 saturated heterocycles. The maximum absolute atomic E-state index is 12.7. The van der Waals surface area contributed by atoms with Crippen LogP contribution < -0.4 is 4.90 Å². The summed E-state index contributed by atoms with van der Waals surface area (Å²) in [4.78, 5) is 28.3. The SMILES string of the molecule is O=C(Cc1ccc(N2CCCC2=O)cc1)N1CCC(c2ccc(O)cc2)CC1. The first-order valence-corrected chi connectivity index (χ1v) is 10.1. The van der Waals surface area contributed by atoms with E-state index in [1.165, 1.54) is 5.56 Å². The number of likely N-dealkylation sites (tertiary alicyclic amines) is 1. The number of rotatable bonds is 4. The van der Waals surface area contributed by atoms with Crippen molar-refractivity contribution in [2.75, 3.05) is 24.5 Å². The Balaban J connectivity index is 1.31. The van der Waals surface area contributed by atoms with Crippen LogP contribution in [0.25, 0.3) is 0 Å². The van der Waals surface area contributed by atoms with Crippen LogP contribution in [-0.2, 0) is 16.0 Å². The van der Waals surface area contributed by atoms with Crippen LogP contribution in [0.5, 0.6) is 5.75 Å². The van der Waals surface area contributed by atoms with E-state index in [1.54, 1.807) is 12.1 Å². The van der Waals surface area contributed by atoms with E-state index in [1.807, 2.05) is 46.2 Å². The normalized spacial score (nSPS) is 17.9. The van der Waals surface area contributed by atoms with Gasteiger partial charge in [-0.3, -0.25) is 9.59 Å². The zero-order valence-electron chi connectivity index (χ0n) is 16.0. The van der Waals surface area contributed by atoms with Gasteiger partial charge in [-0.15, -0.1) is 0 Å². The third-order valence-electron chi connectivity index (χ3n) is 5.89. The fourth-order valence-electron chi connectivity index (χ4n) is 4.21. The summed E-state index contributed by atoms with van der Waals surface area (Å²) in [5.41, 5.74) is 3.14. The van der Waals surface area contributed by atoms with Gasteiger partial charge in [-0.05, 0) is 60.6 Å². The lowest BCUT2D eigenvalue weighted by molar-refractivity contribution is -0.131. The standard InChI is InChI=1S/C23H26N2O3/c26-21-9-5-18(6-10-21)19-11-14-24(15-12-19)23(28)16-17-3-7-20(8-4-17)25-13-1-2-22(25)27/h3-10,19,26H,1-2,11-16H2. The van der Waals surface area contributed by atoms with Crippen LogP contribution in [0.3, 0.4) is 0 Å². The molecule has 2 heterocycles. The zero-order chi connectivity index (χ0) is 19.5. The van der Waals surface area contributed by atoms with Crippen LogP contribution in [-0.4, -0.2) is 41.5 Å². The van der Waals surface area contributed by atoms with Gasteiger partial charge in [0.15, 0.2) is 0 Å². The minimum Gasteiger partial charge on any atom is -0.508 e. The quantitative estimate of drug-likeness (QED) is 0.886. The number of benzene rings is 2. The summed E-state index contributed by atoms with van der Waals surface area (Å²) in [5, 5.41) is 9.43. The van der Waals surface area contributed by atoms with Crippen LogP contribution in [0.4, 0.5) is 5.69 Å². The second-order valence-corrected chi connectivity index (χ2v) is 7.74. The second kappa shape index (κ2) is 8.05. The lowest BCUT2D eigenvalue weighted by atomic mass is 9.89. The van der Waals surface area contributed by atoms with E-state index in [2.05, 4.69) is 0 Å². The number of hydrogen-bond donors (Lipinski definition) is 1. The number of amides is 2. The van der Waals surface area contributed by atoms with Gasteiger partial charge in [-0.2, -0.15) is 0 Å². The Bertz CT molecular complexity index is 837. The number of anilines is 1. The predicted octanol–water partition coefficient (Wildman–Crippen LogP) is 3.47. The number of aromatic hydroxyl groups is 1. The maximum atomic E-state index is 12.7. The third kappa shape index (κ3) is 4.03. The Morgan fingerprint density at radius 3 is 2.25 bits per heavy atom. The van der Waals surface area contributed by atoms with Gasteiger partial charge in [0.25, 0.3) is 0 Å². The minimum absolute atomic E-state index is 0.161. The van der Waals surface area contributed by atoms with Crippen molar-refractivity contribution in [2.45, 2.75) is 38.0 Å². The molecule has 146 valence electrons. The fourth-order valence-corrected chi connectivity index (χ4v) is 4.21. The average molecular weight is 378 g/mol. The lowest BCUT2D eigenvalue weighted by Gasteiger charge is -2.32. The summed E-state index contributed by atoms with van der Waals surface area (Å²) in [6, 6.07) is 15.2. The van der Waals surface area contributed by atoms with Crippen LogP contribution in [0, 0.1) is 0 Å². The van der Waals surface area contributed by atoms with E-state index in [-0.39, 0.29) is 17.6 Å². The second-order valence-electron chi connectivity index (χ2n) is 7.74. The highest BCUT2D eigenvalue weighted by Crippen LogP contribution is 2.29. The highest BCUT2D eigenvalue weighted by atomic mass is 16.3. The van der Waals surface area contributed by atoms with Gasteiger partial charge in [-0.1, -0.05) is 24.3 Å². The van der Waals surface area contributed by atoms with Gasteiger partial charge in [0.1, 0.15) is 5.75 Å². The fraction of sp³-hybridized carbons (Fsp3) is 0.391. The monoisotopic (exact) mass is 378 g/mol. The number of phenolic OH excluding ortho intramolecular Hbond substituents is 1. The molecule has 5 nitrogen and oxygen atoms in total. The number of hydrogen-bond acceptors (Lipinski definition) is 3.